The van der Waals surface area contributed by atoms with Crippen molar-refractivity contribution in [2.24, 2.45) is 10.2 Å². The van der Waals surface area contributed by atoms with Gasteiger partial charge in [-0.3, -0.25) is 9.11 Å². The molecule has 3 aromatic carbocycles. The molecular formula is C27H21F3N10O11S3. The largest absolute Gasteiger partial charge is 0.505 e. The van der Waals surface area contributed by atoms with Gasteiger partial charge in [0, 0.05) is 35.6 Å². The summed E-state index contributed by atoms with van der Waals surface area (Å²) >= 11 is 0.131. The van der Waals surface area contributed by atoms with Gasteiger partial charge in [0.25, 0.3) is 20.2 Å². The third-order valence-electron chi connectivity index (χ3n) is 7.17. The van der Waals surface area contributed by atoms with Crippen LogP contribution in [-0.4, -0.2) is 87.5 Å². The Kier molecular flexibility index (Phi) is 11.0. The first-order valence-electron chi connectivity index (χ1n) is 14.6. The minimum atomic E-state index is -5.21. The van der Waals surface area contributed by atoms with E-state index in [1.54, 1.807) is 4.90 Å². The molecule has 1 aliphatic rings. The number of azo groups is 1. The van der Waals surface area contributed by atoms with E-state index in [2.05, 4.69) is 55.2 Å². The van der Waals surface area contributed by atoms with Crippen LogP contribution in [-0.2, 0) is 34.3 Å². The fourth-order valence-corrected chi connectivity index (χ4v) is 6.93. The van der Waals surface area contributed by atoms with E-state index < -0.39 is 88.1 Å². The molecule has 54 heavy (non-hydrogen) atoms. The molecule has 0 amide bonds. The van der Waals surface area contributed by atoms with Crippen LogP contribution in [0.15, 0.2) is 67.4 Å². The first-order valence-corrected chi connectivity index (χ1v) is 18.2. The fourth-order valence-electron chi connectivity index (χ4n) is 5.00. The molecular weight excluding hydrogens is 794 g/mol. The van der Waals surface area contributed by atoms with Gasteiger partial charge in [0.15, 0.2) is 5.75 Å². The molecule has 0 aliphatic carbocycles. The molecule has 5 aromatic rings. The summed E-state index contributed by atoms with van der Waals surface area (Å²) in [6.45, 7) is 1.26. The van der Waals surface area contributed by atoms with Crippen LogP contribution in [0, 0.1) is 18.1 Å². The molecule has 6 rings (SSSR count). The van der Waals surface area contributed by atoms with Crippen LogP contribution in [0.1, 0.15) is 0 Å². The van der Waals surface area contributed by atoms with Crippen LogP contribution in [0.4, 0.5) is 53.6 Å². The van der Waals surface area contributed by atoms with Gasteiger partial charge in [-0.05, 0) is 36.4 Å². The number of rotatable bonds is 12. The third-order valence-corrected chi connectivity index (χ3v) is 9.64. The van der Waals surface area contributed by atoms with Crippen molar-refractivity contribution in [3.05, 3.63) is 60.6 Å². The highest BCUT2D eigenvalue weighted by Gasteiger charge is 2.26. The number of morpholine rings is 1. The number of hydrogen-bond donors (Lipinski definition) is 6. The molecule has 21 nitrogen and oxygen atoms in total. The quantitative estimate of drug-likeness (QED) is 0.0191. The number of aromatic hydroxyl groups is 1. The first kappa shape index (κ1) is 38.3. The van der Waals surface area contributed by atoms with Gasteiger partial charge in [-0.25, -0.2) is 5.26 Å². The zero-order valence-corrected chi connectivity index (χ0v) is 28.9. The van der Waals surface area contributed by atoms with Crippen molar-refractivity contribution in [1.82, 2.24) is 24.9 Å². The normalized spacial score (nSPS) is 13.9. The lowest BCUT2D eigenvalue weighted by molar-refractivity contribution is -0.432. The second-order valence-electron chi connectivity index (χ2n) is 10.6. The van der Waals surface area contributed by atoms with Crippen molar-refractivity contribution in [3.63, 3.8) is 0 Å². The number of fused-ring (bicyclic) bond motifs is 1. The van der Waals surface area contributed by atoms with E-state index in [0.717, 1.165) is 36.4 Å². The molecule has 27 heteroatoms. The number of phenolic OH excluding ortho intramolecular Hbond substituents is 1. The number of aromatic nitrogens is 5. The molecule has 0 bridgehead atoms. The zero-order valence-electron chi connectivity index (χ0n) is 26.5. The zero-order chi connectivity index (χ0) is 38.8. The second-order valence-corrected chi connectivity index (χ2v) is 14.1. The number of halogens is 3. The summed E-state index contributed by atoms with van der Waals surface area (Å²) in [7, 11) is -10.2. The Bertz CT molecular complexity index is 2500. The number of hydrogen-bond acceptors (Lipinski definition) is 20. The number of phenols is 1. The molecule has 0 radical (unpaired) electrons. The van der Waals surface area contributed by atoms with Crippen LogP contribution in [0.25, 0.3) is 10.8 Å². The minimum absolute atomic E-state index is 0.0730. The van der Waals surface area contributed by atoms with Gasteiger partial charge in [0.1, 0.15) is 27.0 Å². The molecule has 1 saturated heterocycles. The van der Waals surface area contributed by atoms with Crippen molar-refractivity contribution in [3.8, 4) is 5.75 Å². The molecule has 0 saturated carbocycles. The standard InChI is InChI=1S/C27H21F3N10O11S3/c28-19-11-20(34-24(29)33-19)31-12-1-4-18(53(43,44)45)16(9-12)38-39-21-17(52-51-50-42)10-14-13(22(21)41)2-3-15(23(14)54(46,47)48)32-26-35-25(30)36-27(37-26)40-5-7-49-8-6-40/h1-4,9-11,41-42H,5-8H2,(H,31,33,34)(H,43,44,45)(H,46,47,48)(H,32,35,36,37). The number of anilines is 5. The smallest absolute Gasteiger partial charge is 0.315 e. The van der Waals surface area contributed by atoms with E-state index in [1.807, 2.05) is 0 Å². The highest BCUT2D eigenvalue weighted by molar-refractivity contribution is 7.94. The maximum absolute atomic E-state index is 14.5. The molecule has 6 N–H and O–H groups in total. The maximum atomic E-state index is 14.5. The van der Waals surface area contributed by atoms with Crippen LogP contribution >= 0.6 is 12.0 Å². The molecule has 0 atom stereocenters. The SMILES string of the molecule is O=S(=O)(O)c1ccc(Nc2cc(F)nc(F)n2)cc1N=Nc1c(SOOO)cc2c(S(=O)(=O)O)c(Nc3nc(F)nc(N4CCOCC4)n3)ccc2c1O. The monoisotopic (exact) mass is 814 g/mol. The van der Waals surface area contributed by atoms with Crippen LogP contribution < -0.4 is 15.5 Å². The summed E-state index contributed by atoms with van der Waals surface area (Å²) in [6.07, 6.45) is -2.64. The average molecular weight is 815 g/mol. The van der Waals surface area contributed by atoms with E-state index >= 15 is 0 Å². The predicted octanol–water partition coefficient (Wildman–Crippen LogP) is 4.60. The third kappa shape index (κ3) is 8.69. The lowest BCUT2D eigenvalue weighted by atomic mass is 10.1. The summed E-state index contributed by atoms with van der Waals surface area (Å²) in [4.78, 5) is 17.1. The number of nitrogens with one attached hydrogen (secondary N) is 2. The molecule has 2 aromatic heterocycles. The Morgan fingerprint density at radius 1 is 0.852 bits per heavy atom. The van der Waals surface area contributed by atoms with Crippen LogP contribution in [0.2, 0.25) is 0 Å². The van der Waals surface area contributed by atoms with Gasteiger partial charge in [-0.1, -0.05) is 5.04 Å². The van der Waals surface area contributed by atoms with Gasteiger partial charge < -0.3 is 25.4 Å². The van der Waals surface area contributed by atoms with Crippen molar-refractivity contribution < 1.29 is 63.6 Å². The molecule has 284 valence electrons. The summed E-state index contributed by atoms with van der Waals surface area (Å²) < 4.78 is 121. The lowest BCUT2D eigenvalue weighted by Crippen LogP contribution is -2.37. The maximum Gasteiger partial charge on any atom is 0.315 e. The molecule has 3 heterocycles. The van der Waals surface area contributed by atoms with E-state index in [9.17, 15) is 44.2 Å². The minimum Gasteiger partial charge on any atom is -0.505 e. The topological polar surface area (TPSA) is 293 Å². The van der Waals surface area contributed by atoms with Crippen molar-refractivity contribution in [1.29, 1.82) is 0 Å². The Morgan fingerprint density at radius 2 is 1.59 bits per heavy atom. The summed E-state index contributed by atoms with van der Waals surface area (Å²) in [5.74, 6) is -3.03. The van der Waals surface area contributed by atoms with Gasteiger partial charge in [0.2, 0.25) is 17.8 Å². The second kappa shape index (κ2) is 15.5. The summed E-state index contributed by atoms with van der Waals surface area (Å²) in [6, 6.07) is 6.81. The van der Waals surface area contributed by atoms with E-state index in [1.165, 1.54) is 0 Å². The van der Waals surface area contributed by atoms with E-state index in [0.29, 0.717) is 32.4 Å². The lowest BCUT2D eigenvalue weighted by Gasteiger charge is -2.26. The van der Waals surface area contributed by atoms with E-state index in [-0.39, 0.29) is 34.0 Å². The highest BCUT2D eigenvalue weighted by atomic mass is 32.2. The van der Waals surface area contributed by atoms with Gasteiger partial charge in [0.05, 0.1) is 35.8 Å². The number of nitrogens with zero attached hydrogens (tertiary/aromatic N) is 8. The molecule has 0 unspecified atom stereocenters. The van der Waals surface area contributed by atoms with Crippen LogP contribution in [0.5, 0.6) is 5.75 Å². The highest BCUT2D eigenvalue weighted by Crippen LogP contribution is 2.47. The fraction of sp³-hybridized carbons (Fsp3) is 0.148. The van der Waals surface area contributed by atoms with Gasteiger partial charge in [-0.15, -0.1) is 14.6 Å². The van der Waals surface area contributed by atoms with Gasteiger partial charge in [-0.2, -0.15) is 54.9 Å². The predicted molar refractivity (Wildman–Crippen MR) is 178 cm³/mol. The van der Waals surface area contributed by atoms with Gasteiger partial charge >= 0.3 is 12.2 Å². The Morgan fingerprint density at radius 3 is 2.28 bits per heavy atom. The molecule has 1 fully saturated rings. The van der Waals surface area contributed by atoms with E-state index in [4.69, 9.17) is 9.99 Å². The Hall–Kier alpha value is -5.39. The first-order chi connectivity index (χ1) is 25.6. The number of ether oxygens (including phenoxy) is 1. The average Bonchev–Trinajstić information content (AvgIpc) is 3.09. The Balaban J connectivity index is 1.45. The summed E-state index contributed by atoms with van der Waals surface area (Å²) in [5, 5.41) is 35.7. The molecule has 1 aliphatic heterocycles. The van der Waals surface area contributed by atoms with Crippen molar-refractivity contribution in [2.75, 3.05) is 41.8 Å². The van der Waals surface area contributed by atoms with Crippen molar-refractivity contribution >= 4 is 83.5 Å². The Labute approximate surface area is 304 Å². The summed E-state index contributed by atoms with van der Waals surface area (Å²) in [5.41, 5.74) is -1.65. The number of benzene rings is 3. The van der Waals surface area contributed by atoms with Crippen LogP contribution in [0.3, 0.4) is 0 Å². The van der Waals surface area contributed by atoms with Crippen molar-refractivity contribution in [2.45, 2.75) is 14.7 Å². The molecule has 0 spiro atoms.